The van der Waals surface area contributed by atoms with E-state index in [9.17, 15) is 0 Å². The van der Waals surface area contributed by atoms with Crippen LogP contribution in [-0.2, 0) is 6.42 Å². The third-order valence-electron chi connectivity index (χ3n) is 3.67. The van der Waals surface area contributed by atoms with Crippen LogP contribution in [0.25, 0.3) is 0 Å². The van der Waals surface area contributed by atoms with Gasteiger partial charge in [-0.05, 0) is 56.3 Å². The number of hydrogen-bond donors (Lipinski definition) is 2. The van der Waals surface area contributed by atoms with E-state index in [2.05, 4.69) is 35.5 Å². The molecule has 118 valence electrons. The Morgan fingerprint density at radius 2 is 2.14 bits per heavy atom. The number of hydrogen-bond acceptors (Lipinski definition) is 3. The van der Waals surface area contributed by atoms with E-state index in [-0.39, 0.29) is 0 Å². The summed E-state index contributed by atoms with van der Waals surface area (Å²) in [4.78, 5) is 2.19. The van der Waals surface area contributed by atoms with Crippen molar-refractivity contribution in [2.45, 2.75) is 25.9 Å². The molecule has 0 spiro atoms. The summed E-state index contributed by atoms with van der Waals surface area (Å²) in [6.07, 6.45) is 8.99. The van der Waals surface area contributed by atoms with Crippen molar-refractivity contribution >= 4 is 17.3 Å². The summed E-state index contributed by atoms with van der Waals surface area (Å²) < 4.78 is 5.69. The summed E-state index contributed by atoms with van der Waals surface area (Å²) in [5, 5.41) is 3.44. The third-order valence-corrected chi connectivity index (χ3v) is 3.77. The Morgan fingerprint density at radius 3 is 2.86 bits per heavy atom. The highest BCUT2D eigenvalue weighted by Gasteiger charge is 2.28. The number of nitrogens with zero attached hydrogens (tertiary/aromatic N) is 1. The lowest BCUT2D eigenvalue weighted by Crippen LogP contribution is -2.57. The van der Waals surface area contributed by atoms with Gasteiger partial charge in [0.2, 0.25) is 0 Å². The molecule has 1 aromatic carbocycles. The van der Waals surface area contributed by atoms with Crippen molar-refractivity contribution in [3.8, 4) is 5.75 Å². The number of thiocarbonyl (C=S) groups is 1. The van der Waals surface area contributed by atoms with Crippen LogP contribution in [0.4, 0.5) is 0 Å². The minimum absolute atomic E-state index is 0.294. The second-order valence-corrected chi connectivity index (χ2v) is 5.76. The van der Waals surface area contributed by atoms with Gasteiger partial charge in [-0.1, -0.05) is 24.3 Å². The predicted molar refractivity (Wildman–Crippen MR) is 94.6 cm³/mol. The SMILES string of the molecule is CCOc1ccccc1CCN1C=CC=CC1(C)NC(N)=S. The van der Waals surface area contributed by atoms with E-state index in [1.807, 2.05) is 37.3 Å². The smallest absolute Gasteiger partial charge is 0.165 e. The Morgan fingerprint density at radius 1 is 1.36 bits per heavy atom. The highest BCUT2D eigenvalue weighted by molar-refractivity contribution is 7.80. The van der Waals surface area contributed by atoms with Gasteiger partial charge in [-0.2, -0.15) is 0 Å². The number of nitrogens with one attached hydrogen (secondary N) is 1. The largest absolute Gasteiger partial charge is 0.494 e. The van der Waals surface area contributed by atoms with Crippen LogP contribution in [-0.4, -0.2) is 28.8 Å². The topological polar surface area (TPSA) is 50.5 Å². The van der Waals surface area contributed by atoms with Gasteiger partial charge in [0.25, 0.3) is 0 Å². The van der Waals surface area contributed by atoms with Crippen LogP contribution in [0.5, 0.6) is 5.75 Å². The Hall–Kier alpha value is -2.01. The molecule has 0 radical (unpaired) electrons. The van der Waals surface area contributed by atoms with Gasteiger partial charge in [-0.15, -0.1) is 0 Å². The first-order chi connectivity index (χ1) is 10.5. The summed E-state index contributed by atoms with van der Waals surface area (Å²) in [6, 6.07) is 8.15. The van der Waals surface area contributed by atoms with Crippen molar-refractivity contribution < 1.29 is 4.74 Å². The Balaban J connectivity index is 2.08. The maximum Gasteiger partial charge on any atom is 0.165 e. The van der Waals surface area contributed by atoms with E-state index in [1.54, 1.807) is 0 Å². The van der Waals surface area contributed by atoms with Crippen molar-refractivity contribution in [1.29, 1.82) is 0 Å². The lowest BCUT2D eigenvalue weighted by Gasteiger charge is -2.41. The molecular formula is C17H23N3OS. The number of nitrogens with two attached hydrogens (primary N) is 1. The normalized spacial score (nSPS) is 20.0. The van der Waals surface area contributed by atoms with Crippen LogP contribution in [0, 0.1) is 0 Å². The van der Waals surface area contributed by atoms with E-state index in [4.69, 9.17) is 22.7 Å². The van der Waals surface area contributed by atoms with Gasteiger partial charge < -0.3 is 20.7 Å². The quantitative estimate of drug-likeness (QED) is 0.790. The maximum absolute atomic E-state index is 5.69. The third kappa shape index (κ3) is 4.01. The van der Waals surface area contributed by atoms with Gasteiger partial charge in [0, 0.05) is 12.7 Å². The zero-order chi connectivity index (χ0) is 16.0. The minimum atomic E-state index is -0.402. The second kappa shape index (κ2) is 7.31. The van der Waals surface area contributed by atoms with Gasteiger partial charge in [-0.25, -0.2) is 0 Å². The van der Waals surface area contributed by atoms with E-state index in [1.165, 1.54) is 5.56 Å². The van der Waals surface area contributed by atoms with Crippen LogP contribution in [0.15, 0.2) is 48.7 Å². The summed E-state index contributed by atoms with van der Waals surface area (Å²) in [7, 11) is 0. The van der Waals surface area contributed by atoms with Gasteiger partial charge >= 0.3 is 0 Å². The van der Waals surface area contributed by atoms with Gasteiger partial charge in [-0.3, -0.25) is 0 Å². The number of allylic oxidation sites excluding steroid dienone is 2. The van der Waals surface area contributed by atoms with Crippen LogP contribution in [0.1, 0.15) is 19.4 Å². The predicted octanol–water partition coefficient (Wildman–Crippen LogP) is 2.56. The highest BCUT2D eigenvalue weighted by atomic mass is 32.1. The molecule has 3 N–H and O–H groups in total. The first kappa shape index (κ1) is 16.4. The number of para-hydroxylation sites is 1. The Labute approximate surface area is 137 Å². The van der Waals surface area contributed by atoms with Crippen LogP contribution in [0.3, 0.4) is 0 Å². The maximum atomic E-state index is 5.69. The van der Waals surface area contributed by atoms with Crippen LogP contribution >= 0.6 is 12.2 Å². The Bertz CT molecular complexity index is 585. The van der Waals surface area contributed by atoms with Crippen molar-refractivity contribution in [2.75, 3.05) is 13.2 Å². The van der Waals surface area contributed by atoms with Crippen molar-refractivity contribution in [3.05, 3.63) is 54.3 Å². The molecule has 5 heteroatoms. The molecule has 1 aliphatic heterocycles. The fourth-order valence-corrected chi connectivity index (χ4v) is 2.77. The number of rotatable bonds is 6. The van der Waals surface area contributed by atoms with Crippen molar-refractivity contribution in [2.24, 2.45) is 5.73 Å². The standard InChI is InChI=1S/C17H23N3OS/c1-3-21-15-9-5-4-8-14(15)10-13-20-12-7-6-11-17(20,2)19-16(18)22/h4-9,11-12H,3,10,13H2,1-2H3,(H3,18,19,22). The molecule has 2 rings (SSSR count). The fourth-order valence-electron chi connectivity index (χ4n) is 2.56. The van der Waals surface area contributed by atoms with Crippen molar-refractivity contribution in [1.82, 2.24) is 10.2 Å². The van der Waals surface area contributed by atoms with E-state index >= 15 is 0 Å². The molecule has 0 amide bonds. The Kier molecular flexibility index (Phi) is 5.44. The molecule has 0 fully saturated rings. The second-order valence-electron chi connectivity index (χ2n) is 5.32. The summed E-state index contributed by atoms with van der Waals surface area (Å²) in [5.74, 6) is 0.950. The highest BCUT2D eigenvalue weighted by Crippen LogP contribution is 2.22. The molecule has 0 saturated heterocycles. The first-order valence-corrected chi connectivity index (χ1v) is 7.87. The molecule has 1 atom stereocenters. The molecule has 1 aliphatic rings. The molecule has 4 nitrogen and oxygen atoms in total. The summed E-state index contributed by atoms with van der Waals surface area (Å²) >= 11 is 5.00. The monoisotopic (exact) mass is 317 g/mol. The minimum Gasteiger partial charge on any atom is -0.494 e. The van der Waals surface area contributed by atoms with Crippen LogP contribution in [0.2, 0.25) is 0 Å². The molecule has 22 heavy (non-hydrogen) atoms. The zero-order valence-corrected chi connectivity index (χ0v) is 13.9. The zero-order valence-electron chi connectivity index (χ0n) is 13.1. The molecule has 0 aromatic heterocycles. The van der Waals surface area contributed by atoms with E-state index in [0.717, 1.165) is 18.7 Å². The fraction of sp³-hybridized carbons (Fsp3) is 0.353. The van der Waals surface area contributed by atoms with Crippen molar-refractivity contribution in [3.63, 3.8) is 0 Å². The average Bonchev–Trinajstić information content (AvgIpc) is 2.47. The van der Waals surface area contributed by atoms with E-state index < -0.39 is 5.66 Å². The molecule has 1 aromatic rings. The van der Waals surface area contributed by atoms with E-state index in [0.29, 0.717) is 11.7 Å². The molecule has 0 aliphatic carbocycles. The van der Waals surface area contributed by atoms with Gasteiger partial charge in [0.05, 0.1) is 6.61 Å². The summed E-state index contributed by atoms with van der Waals surface area (Å²) in [5.41, 5.74) is 6.45. The lowest BCUT2D eigenvalue weighted by atomic mass is 10.1. The van der Waals surface area contributed by atoms with Gasteiger partial charge in [0.15, 0.2) is 5.11 Å². The summed E-state index contributed by atoms with van der Waals surface area (Å²) in [6.45, 7) is 5.56. The first-order valence-electron chi connectivity index (χ1n) is 7.46. The van der Waals surface area contributed by atoms with Gasteiger partial charge in [0.1, 0.15) is 11.4 Å². The number of benzene rings is 1. The number of ether oxygens (including phenoxy) is 1. The molecule has 0 saturated carbocycles. The molecule has 1 unspecified atom stereocenters. The molecular weight excluding hydrogens is 294 g/mol. The molecule has 1 heterocycles. The molecule has 0 bridgehead atoms. The lowest BCUT2D eigenvalue weighted by molar-refractivity contribution is 0.197. The average molecular weight is 317 g/mol. The van der Waals surface area contributed by atoms with Crippen LogP contribution < -0.4 is 15.8 Å².